The van der Waals surface area contributed by atoms with Gasteiger partial charge < -0.3 is 4.57 Å². The summed E-state index contributed by atoms with van der Waals surface area (Å²) in [4.78, 5) is 0.534. The molecule has 0 amide bonds. The van der Waals surface area contributed by atoms with Gasteiger partial charge >= 0.3 is 0 Å². The summed E-state index contributed by atoms with van der Waals surface area (Å²) in [5.74, 6) is 0.653. The fourth-order valence-electron chi connectivity index (χ4n) is 4.12. The van der Waals surface area contributed by atoms with Crippen molar-refractivity contribution in [2.45, 2.75) is 57.3 Å². The SMILES string of the molecule is CCC([C@H](CC)[C@@H](C)Br)n1c2c(c3ccccc31)=CCCC=2. The molecule has 1 aliphatic rings. The summed E-state index contributed by atoms with van der Waals surface area (Å²) in [6, 6.07) is 9.47. The topological polar surface area (TPSA) is 4.93 Å². The van der Waals surface area contributed by atoms with E-state index in [-0.39, 0.29) is 0 Å². The highest BCUT2D eigenvalue weighted by molar-refractivity contribution is 9.09. The van der Waals surface area contributed by atoms with Gasteiger partial charge in [-0.15, -0.1) is 0 Å². The summed E-state index contributed by atoms with van der Waals surface area (Å²) < 4.78 is 2.63. The van der Waals surface area contributed by atoms with Crippen molar-refractivity contribution in [3.05, 3.63) is 34.8 Å². The minimum atomic E-state index is 0.534. The van der Waals surface area contributed by atoms with Gasteiger partial charge in [0, 0.05) is 32.3 Å². The van der Waals surface area contributed by atoms with Gasteiger partial charge in [0.05, 0.1) is 0 Å². The van der Waals surface area contributed by atoms with Crippen LogP contribution in [0.3, 0.4) is 0 Å². The Balaban J connectivity index is 2.31. The average Bonchev–Trinajstić information content (AvgIpc) is 2.87. The lowest BCUT2D eigenvalue weighted by molar-refractivity contribution is 0.313. The van der Waals surface area contributed by atoms with Crippen LogP contribution < -0.4 is 10.6 Å². The fourth-order valence-corrected chi connectivity index (χ4v) is 4.84. The summed E-state index contributed by atoms with van der Waals surface area (Å²) in [5.41, 5.74) is 1.40. The predicted octanol–water partition coefficient (Wildman–Crippen LogP) is 4.76. The Morgan fingerprint density at radius 3 is 2.50 bits per heavy atom. The standard InChI is InChI=1S/C20H26BrN/c1-4-15(14(3)21)18(5-2)22-19-12-8-6-10-16(19)17-11-7-9-13-20(17)22/h6,8,10-15,18H,4-5,7,9H2,1-3H3/t14-,15-,18?/m1/s1. The number of para-hydroxylation sites is 1. The number of rotatable bonds is 5. The molecule has 0 saturated carbocycles. The quantitative estimate of drug-likeness (QED) is 0.678. The Bertz CT molecular complexity index is 769. The second kappa shape index (κ2) is 6.62. The third kappa shape index (κ3) is 2.56. The lowest BCUT2D eigenvalue weighted by atomic mass is 9.91. The van der Waals surface area contributed by atoms with E-state index in [1.165, 1.54) is 47.2 Å². The van der Waals surface area contributed by atoms with E-state index in [0.29, 0.717) is 16.8 Å². The van der Waals surface area contributed by atoms with Gasteiger partial charge in [0.2, 0.25) is 0 Å². The zero-order valence-corrected chi connectivity index (χ0v) is 15.4. The van der Waals surface area contributed by atoms with Crippen LogP contribution in [0.4, 0.5) is 0 Å². The summed E-state index contributed by atoms with van der Waals surface area (Å²) in [7, 11) is 0. The lowest BCUT2D eigenvalue weighted by Crippen LogP contribution is -2.36. The molecule has 0 spiro atoms. The molecule has 1 aromatic carbocycles. The van der Waals surface area contributed by atoms with E-state index in [9.17, 15) is 0 Å². The second-order valence-corrected chi connectivity index (χ2v) is 7.84. The summed E-state index contributed by atoms with van der Waals surface area (Å²) >= 11 is 3.86. The van der Waals surface area contributed by atoms with E-state index in [2.05, 4.69) is 77.7 Å². The van der Waals surface area contributed by atoms with E-state index in [1.807, 2.05) is 0 Å². The first-order valence-electron chi connectivity index (χ1n) is 8.62. The lowest BCUT2D eigenvalue weighted by Gasteiger charge is -2.30. The van der Waals surface area contributed by atoms with Crippen LogP contribution in [0.5, 0.6) is 0 Å². The summed E-state index contributed by atoms with van der Waals surface area (Å²) in [6.07, 6.45) is 9.59. The molecule has 0 aliphatic heterocycles. The van der Waals surface area contributed by atoms with Gasteiger partial charge in [0.1, 0.15) is 0 Å². The zero-order valence-electron chi connectivity index (χ0n) is 13.8. The first-order valence-corrected chi connectivity index (χ1v) is 9.54. The number of halogens is 1. The van der Waals surface area contributed by atoms with Crippen molar-refractivity contribution in [3.63, 3.8) is 0 Å². The van der Waals surface area contributed by atoms with Gasteiger partial charge in [0.15, 0.2) is 0 Å². The molecule has 0 fully saturated rings. The van der Waals surface area contributed by atoms with Crippen LogP contribution in [0, 0.1) is 5.92 Å². The van der Waals surface area contributed by atoms with Crippen molar-refractivity contribution in [1.29, 1.82) is 0 Å². The second-order valence-electron chi connectivity index (χ2n) is 6.40. The maximum atomic E-state index is 3.86. The Morgan fingerprint density at radius 1 is 1.09 bits per heavy atom. The van der Waals surface area contributed by atoms with Crippen molar-refractivity contribution in [1.82, 2.24) is 4.57 Å². The molecule has 2 heteroatoms. The van der Waals surface area contributed by atoms with Crippen LogP contribution in [0.25, 0.3) is 23.1 Å². The van der Waals surface area contributed by atoms with Gasteiger partial charge in [-0.1, -0.05) is 73.5 Å². The maximum absolute atomic E-state index is 3.86. The molecule has 1 aliphatic carbocycles. The highest BCUT2D eigenvalue weighted by Gasteiger charge is 2.26. The number of hydrogen-bond acceptors (Lipinski definition) is 0. The normalized spacial score (nSPS) is 18.2. The predicted molar refractivity (Wildman–Crippen MR) is 101 cm³/mol. The van der Waals surface area contributed by atoms with E-state index in [0.717, 1.165) is 0 Å². The van der Waals surface area contributed by atoms with Crippen molar-refractivity contribution < 1.29 is 0 Å². The molecule has 1 heterocycles. The first-order chi connectivity index (χ1) is 10.7. The molecular formula is C20H26BrN. The molecule has 22 heavy (non-hydrogen) atoms. The molecule has 1 aromatic heterocycles. The molecule has 3 rings (SSSR count). The maximum Gasteiger partial charge on any atom is 0.0493 e. The van der Waals surface area contributed by atoms with Gasteiger partial charge in [-0.3, -0.25) is 0 Å². The molecule has 0 N–H and O–H groups in total. The van der Waals surface area contributed by atoms with Gasteiger partial charge in [-0.2, -0.15) is 0 Å². The van der Waals surface area contributed by atoms with Crippen molar-refractivity contribution in [3.8, 4) is 0 Å². The van der Waals surface area contributed by atoms with Gasteiger partial charge in [-0.05, 0) is 31.2 Å². The average molecular weight is 360 g/mol. The third-order valence-electron chi connectivity index (χ3n) is 5.15. The zero-order chi connectivity index (χ0) is 15.7. The molecule has 1 nitrogen and oxygen atoms in total. The highest BCUT2D eigenvalue weighted by atomic mass is 79.9. The first kappa shape index (κ1) is 15.9. The molecule has 1 unspecified atom stereocenters. The largest absolute Gasteiger partial charge is 0.337 e. The van der Waals surface area contributed by atoms with Gasteiger partial charge in [0.25, 0.3) is 0 Å². The Kier molecular flexibility index (Phi) is 4.77. The minimum absolute atomic E-state index is 0.534. The van der Waals surface area contributed by atoms with Crippen LogP contribution in [0.2, 0.25) is 0 Å². The monoisotopic (exact) mass is 359 g/mol. The summed E-state index contributed by atoms with van der Waals surface area (Å²) in [5, 5.41) is 4.33. The Morgan fingerprint density at radius 2 is 1.82 bits per heavy atom. The number of hydrogen-bond donors (Lipinski definition) is 0. The van der Waals surface area contributed by atoms with E-state index in [1.54, 1.807) is 0 Å². The molecule has 0 saturated heterocycles. The number of aromatic nitrogens is 1. The Hall–Kier alpha value is -1.02. The summed E-state index contributed by atoms with van der Waals surface area (Å²) in [6.45, 7) is 6.94. The van der Waals surface area contributed by atoms with Crippen LogP contribution in [-0.4, -0.2) is 9.39 Å². The van der Waals surface area contributed by atoms with Gasteiger partial charge in [-0.25, -0.2) is 0 Å². The molecule has 0 radical (unpaired) electrons. The van der Waals surface area contributed by atoms with E-state index in [4.69, 9.17) is 0 Å². The molecule has 0 bridgehead atoms. The van der Waals surface area contributed by atoms with Crippen molar-refractivity contribution >= 4 is 39.0 Å². The van der Waals surface area contributed by atoms with Crippen molar-refractivity contribution in [2.75, 3.05) is 0 Å². The number of benzene rings is 1. The molecule has 2 aromatic rings. The fraction of sp³-hybridized carbons (Fsp3) is 0.500. The number of fused-ring (bicyclic) bond motifs is 3. The smallest absolute Gasteiger partial charge is 0.0493 e. The van der Waals surface area contributed by atoms with Crippen LogP contribution in [0.1, 0.15) is 52.5 Å². The number of nitrogens with zero attached hydrogens (tertiary/aromatic N) is 1. The number of alkyl halides is 1. The van der Waals surface area contributed by atoms with E-state index >= 15 is 0 Å². The van der Waals surface area contributed by atoms with Crippen LogP contribution in [0.15, 0.2) is 24.3 Å². The molecule has 118 valence electrons. The van der Waals surface area contributed by atoms with Crippen molar-refractivity contribution in [2.24, 2.45) is 5.92 Å². The van der Waals surface area contributed by atoms with Crippen LogP contribution >= 0.6 is 15.9 Å². The highest BCUT2D eigenvalue weighted by Crippen LogP contribution is 2.32. The molecule has 3 atom stereocenters. The third-order valence-corrected chi connectivity index (χ3v) is 5.83. The van der Waals surface area contributed by atoms with E-state index < -0.39 is 0 Å². The Labute approximate surface area is 141 Å². The molecular weight excluding hydrogens is 334 g/mol. The van der Waals surface area contributed by atoms with Crippen LogP contribution in [-0.2, 0) is 0 Å². The minimum Gasteiger partial charge on any atom is -0.337 e.